The van der Waals surface area contributed by atoms with Crippen molar-refractivity contribution in [2.45, 2.75) is 31.7 Å². The maximum absolute atomic E-state index is 12.9. The third kappa shape index (κ3) is 4.14. The number of carbonyl (C=O) groups excluding carboxylic acids is 1. The maximum atomic E-state index is 12.9. The zero-order chi connectivity index (χ0) is 13.2. The molecule has 1 aromatic carbocycles. The molecule has 2 N–H and O–H groups in total. The van der Waals surface area contributed by atoms with Crippen molar-refractivity contribution < 1.29 is 13.6 Å². The van der Waals surface area contributed by atoms with Gasteiger partial charge in [0.2, 0.25) is 5.91 Å². The molecule has 1 aliphatic rings. The molecule has 0 radical (unpaired) electrons. The Hall–Kier alpha value is -1.20. The lowest BCUT2D eigenvalue weighted by Gasteiger charge is -2.11. The Bertz CT molecular complexity index is 437. The Kier molecular flexibility index (Phi) is 5.26. The molecule has 0 spiro atoms. The van der Waals surface area contributed by atoms with Crippen LogP contribution in [0.3, 0.4) is 0 Å². The van der Waals surface area contributed by atoms with Gasteiger partial charge in [0.05, 0.1) is 12.6 Å². The summed E-state index contributed by atoms with van der Waals surface area (Å²) in [6, 6.07) is 6.57. The van der Waals surface area contributed by atoms with Crippen LogP contribution in [0.15, 0.2) is 24.3 Å². The molecule has 1 aliphatic heterocycles. The van der Waals surface area contributed by atoms with E-state index in [1.54, 1.807) is 12.1 Å². The Morgan fingerprint density at radius 2 is 2.05 bits per heavy atom. The average molecular weight is 291 g/mol. The Labute approximate surface area is 117 Å². The first-order chi connectivity index (χ1) is 8.50. The lowest BCUT2D eigenvalue weighted by molar-refractivity contribution is -0.118. The number of benzene rings is 1. The lowest BCUT2D eigenvalue weighted by atomic mass is 10.1. The highest BCUT2D eigenvalue weighted by Crippen LogP contribution is 2.25. The van der Waals surface area contributed by atoms with Gasteiger partial charge in [-0.1, -0.05) is 19.1 Å². The molecule has 0 saturated carbocycles. The molecule has 1 heterocycles. The SMILES string of the molecule is CCc1ccc(NC(=O)C2CC(F)(F)CN2)cc1.Cl. The van der Waals surface area contributed by atoms with Gasteiger partial charge in [0.1, 0.15) is 0 Å². The van der Waals surface area contributed by atoms with Crippen molar-refractivity contribution in [1.82, 2.24) is 5.32 Å². The fraction of sp³-hybridized carbons (Fsp3) is 0.462. The number of hydrogen-bond donors (Lipinski definition) is 2. The first-order valence-corrected chi connectivity index (χ1v) is 6.01. The van der Waals surface area contributed by atoms with Crippen molar-refractivity contribution in [3.8, 4) is 0 Å². The van der Waals surface area contributed by atoms with E-state index in [4.69, 9.17) is 0 Å². The third-order valence-corrected chi connectivity index (χ3v) is 3.06. The molecule has 1 unspecified atom stereocenters. The standard InChI is InChI=1S/C13H16F2N2O.ClH/c1-2-9-3-5-10(6-4-9)17-12(18)11-7-13(14,15)8-16-11;/h3-6,11,16H,2,7-8H2,1H3,(H,17,18);1H. The van der Waals surface area contributed by atoms with Crippen molar-refractivity contribution in [1.29, 1.82) is 0 Å². The molecule has 1 saturated heterocycles. The van der Waals surface area contributed by atoms with E-state index in [9.17, 15) is 13.6 Å². The minimum absolute atomic E-state index is 0. The molecule has 1 aromatic rings. The van der Waals surface area contributed by atoms with E-state index >= 15 is 0 Å². The summed E-state index contributed by atoms with van der Waals surface area (Å²) >= 11 is 0. The second kappa shape index (κ2) is 6.30. The van der Waals surface area contributed by atoms with E-state index in [1.807, 2.05) is 19.1 Å². The first-order valence-electron chi connectivity index (χ1n) is 6.01. The van der Waals surface area contributed by atoms with Crippen molar-refractivity contribution in [2.24, 2.45) is 0 Å². The molecular formula is C13H17ClF2N2O. The van der Waals surface area contributed by atoms with E-state index in [0.717, 1.165) is 6.42 Å². The van der Waals surface area contributed by atoms with Crippen LogP contribution in [-0.2, 0) is 11.2 Å². The van der Waals surface area contributed by atoms with Crippen LogP contribution in [0.4, 0.5) is 14.5 Å². The zero-order valence-electron chi connectivity index (χ0n) is 10.6. The van der Waals surface area contributed by atoms with Crippen molar-refractivity contribution in [3.63, 3.8) is 0 Å². The summed E-state index contributed by atoms with van der Waals surface area (Å²) in [6.45, 7) is 1.61. The Morgan fingerprint density at radius 3 is 2.53 bits per heavy atom. The molecule has 2 rings (SSSR count). The van der Waals surface area contributed by atoms with E-state index in [-0.39, 0.29) is 12.4 Å². The summed E-state index contributed by atoms with van der Waals surface area (Å²) in [6.07, 6.45) is 0.483. The van der Waals surface area contributed by atoms with Crippen LogP contribution >= 0.6 is 12.4 Å². The van der Waals surface area contributed by atoms with Gasteiger partial charge >= 0.3 is 0 Å². The number of carbonyl (C=O) groups is 1. The highest BCUT2D eigenvalue weighted by Gasteiger charge is 2.42. The second-order valence-corrected chi connectivity index (χ2v) is 4.53. The zero-order valence-corrected chi connectivity index (χ0v) is 11.4. The molecule has 0 aliphatic carbocycles. The van der Waals surface area contributed by atoms with Crippen molar-refractivity contribution in [2.75, 3.05) is 11.9 Å². The second-order valence-electron chi connectivity index (χ2n) is 4.53. The van der Waals surface area contributed by atoms with Crippen LogP contribution < -0.4 is 10.6 Å². The normalized spacial score (nSPS) is 20.7. The predicted molar refractivity (Wildman–Crippen MR) is 73.1 cm³/mol. The number of nitrogens with one attached hydrogen (secondary N) is 2. The van der Waals surface area contributed by atoms with Crippen LogP contribution in [-0.4, -0.2) is 24.4 Å². The van der Waals surface area contributed by atoms with Gasteiger partial charge in [-0.2, -0.15) is 0 Å². The van der Waals surface area contributed by atoms with Crippen molar-refractivity contribution >= 4 is 24.0 Å². The maximum Gasteiger partial charge on any atom is 0.262 e. The smallest absolute Gasteiger partial charge is 0.262 e. The fourth-order valence-corrected chi connectivity index (χ4v) is 1.95. The predicted octanol–water partition coefficient (Wildman–Crippen LogP) is 2.61. The number of hydrogen-bond acceptors (Lipinski definition) is 2. The molecule has 3 nitrogen and oxygen atoms in total. The molecule has 0 bridgehead atoms. The van der Waals surface area contributed by atoms with E-state index in [1.165, 1.54) is 5.56 Å². The molecule has 1 atom stereocenters. The van der Waals surface area contributed by atoms with Crippen LogP contribution in [0, 0.1) is 0 Å². The highest BCUT2D eigenvalue weighted by atomic mass is 35.5. The van der Waals surface area contributed by atoms with Crippen LogP contribution in [0.25, 0.3) is 0 Å². The molecule has 6 heteroatoms. The minimum Gasteiger partial charge on any atom is -0.325 e. The molecule has 106 valence electrons. The first kappa shape index (κ1) is 15.9. The summed E-state index contributed by atoms with van der Waals surface area (Å²) in [5, 5.41) is 5.17. The molecule has 19 heavy (non-hydrogen) atoms. The minimum atomic E-state index is -2.78. The fourth-order valence-electron chi connectivity index (χ4n) is 1.95. The van der Waals surface area contributed by atoms with Gasteiger partial charge in [-0.15, -0.1) is 12.4 Å². The number of rotatable bonds is 3. The van der Waals surface area contributed by atoms with Crippen LogP contribution in [0.1, 0.15) is 18.9 Å². The van der Waals surface area contributed by atoms with Gasteiger partial charge < -0.3 is 5.32 Å². The monoisotopic (exact) mass is 290 g/mol. The molecular weight excluding hydrogens is 274 g/mol. The van der Waals surface area contributed by atoms with Gasteiger partial charge in [0, 0.05) is 12.1 Å². The highest BCUT2D eigenvalue weighted by molar-refractivity contribution is 5.95. The van der Waals surface area contributed by atoms with Gasteiger partial charge in [0.15, 0.2) is 0 Å². The van der Waals surface area contributed by atoms with Gasteiger partial charge in [-0.3, -0.25) is 10.1 Å². The van der Waals surface area contributed by atoms with E-state index in [2.05, 4.69) is 10.6 Å². The topological polar surface area (TPSA) is 41.1 Å². The van der Waals surface area contributed by atoms with E-state index < -0.39 is 30.8 Å². The number of alkyl halides is 2. The average Bonchev–Trinajstić information content (AvgIpc) is 2.71. The lowest BCUT2D eigenvalue weighted by Crippen LogP contribution is -2.35. The summed E-state index contributed by atoms with van der Waals surface area (Å²) in [5.41, 5.74) is 1.80. The van der Waals surface area contributed by atoms with E-state index in [0.29, 0.717) is 5.69 Å². The summed E-state index contributed by atoms with van der Waals surface area (Å²) in [4.78, 5) is 11.8. The largest absolute Gasteiger partial charge is 0.325 e. The van der Waals surface area contributed by atoms with Crippen molar-refractivity contribution in [3.05, 3.63) is 29.8 Å². The summed E-state index contributed by atoms with van der Waals surface area (Å²) < 4.78 is 25.9. The molecule has 0 aromatic heterocycles. The summed E-state index contributed by atoms with van der Waals surface area (Å²) in [7, 11) is 0. The quantitative estimate of drug-likeness (QED) is 0.898. The molecule has 1 amide bonds. The van der Waals surface area contributed by atoms with Gasteiger partial charge in [-0.05, 0) is 24.1 Å². The third-order valence-electron chi connectivity index (χ3n) is 3.06. The summed E-state index contributed by atoms with van der Waals surface area (Å²) in [5.74, 6) is -3.19. The number of anilines is 1. The Balaban J connectivity index is 0.00000180. The van der Waals surface area contributed by atoms with Gasteiger partial charge in [0.25, 0.3) is 5.92 Å². The molecule has 1 fully saturated rings. The van der Waals surface area contributed by atoms with Crippen LogP contribution in [0.2, 0.25) is 0 Å². The van der Waals surface area contributed by atoms with Crippen LogP contribution in [0.5, 0.6) is 0 Å². The van der Waals surface area contributed by atoms with Gasteiger partial charge in [-0.25, -0.2) is 8.78 Å². The number of halogens is 3. The Morgan fingerprint density at radius 1 is 1.42 bits per heavy atom. The number of aryl methyl sites for hydroxylation is 1. The number of amides is 1.